The number of hydrogen-bond donors (Lipinski definition) is 1. The van der Waals surface area contributed by atoms with E-state index in [-0.39, 0.29) is 23.4 Å². The number of rotatable bonds is 7. The fourth-order valence-corrected chi connectivity index (χ4v) is 4.84. The maximum absolute atomic E-state index is 12.6. The Morgan fingerprint density at radius 3 is 2.42 bits per heavy atom. The molecule has 0 heterocycles. The van der Waals surface area contributed by atoms with Crippen LogP contribution in [0, 0.1) is 6.92 Å². The largest absolute Gasteiger partial charge is 0.497 e. The molecule has 6 nitrogen and oxygen atoms in total. The van der Waals surface area contributed by atoms with Crippen molar-refractivity contribution in [3.05, 3.63) is 23.8 Å². The van der Waals surface area contributed by atoms with Crippen LogP contribution < -0.4 is 9.46 Å². The Labute approximate surface area is 157 Å². The molecule has 0 aromatic heterocycles. The van der Waals surface area contributed by atoms with Crippen molar-refractivity contribution in [3.8, 4) is 5.75 Å². The Hall–Kier alpha value is -1.60. The zero-order chi connectivity index (χ0) is 19.2. The van der Waals surface area contributed by atoms with Crippen molar-refractivity contribution in [2.75, 3.05) is 20.2 Å². The van der Waals surface area contributed by atoms with Crippen LogP contribution in [-0.4, -0.2) is 45.5 Å². The molecule has 0 bridgehead atoms. The maximum Gasteiger partial charge on any atom is 0.240 e. The number of ether oxygens (including phenoxy) is 1. The molecule has 1 amide bonds. The second kappa shape index (κ2) is 9.37. The summed E-state index contributed by atoms with van der Waals surface area (Å²) in [6.45, 7) is 3.91. The summed E-state index contributed by atoms with van der Waals surface area (Å²) in [7, 11) is -2.07. The minimum Gasteiger partial charge on any atom is -0.497 e. The van der Waals surface area contributed by atoms with Crippen molar-refractivity contribution in [1.29, 1.82) is 0 Å². The van der Waals surface area contributed by atoms with Crippen molar-refractivity contribution in [1.82, 2.24) is 9.62 Å². The summed E-state index contributed by atoms with van der Waals surface area (Å²) in [6.07, 6.45) is 6.70. The summed E-state index contributed by atoms with van der Waals surface area (Å²) in [6, 6.07) is 5.10. The van der Waals surface area contributed by atoms with Gasteiger partial charge in [-0.3, -0.25) is 4.79 Å². The van der Waals surface area contributed by atoms with Gasteiger partial charge in [-0.05, 0) is 43.5 Å². The highest BCUT2D eigenvalue weighted by Crippen LogP contribution is 2.23. The Bertz CT molecular complexity index is 710. The van der Waals surface area contributed by atoms with Crippen LogP contribution in [0.1, 0.15) is 51.0 Å². The van der Waals surface area contributed by atoms with Crippen LogP contribution in [0.4, 0.5) is 0 Å². The molecule has 1 N–H and O–H groups in total. The molecule has 0 spiro atoms. The first-order chi connectivity index (χ1) is 12.3. The van der Waals surface area contributed by atoms with Crippen LogP contribution >= 0.6 is 0 Å². The second-order valence-electron chi connectivity index (χ2n) is 6.89. The molecule has 2 rings (SSSR count). The van der Waals surface area contributed by atoms with Crippen LogP contribution in [0.3, 0.4) is 0 Å². The van der Waals surface area contributed by atoms with Gasteiger partial charge >= 0.3 is 0 Å². The molecule has 1 saturated carbocycles. The minimum absolute atomic E-state index is 0.0109. The van der Waals surface area contributed by atoms with E-state index >= 15 is 0 Å². The van der Waals surface area contributed by atoms with E-state index in [0.29, 0.717) is 17.9 Å². The Balaban J connectivity index is 2.00. The fraction of sp³-hybridized carbons (Fsp3) is 0.632. The SMILES string of the molecule is COc1ccc(S(=O)(=O)NCCN(C(C)=O)C2CCCCCC2)c(C)c1. The molecule has 1 aliphatic carbocycles. The lowest BCUT2D eigenvalue weighted by Gasteiger charge is -2.30. The van der Waals surface area contributed by atoms with Crippen molar-refractivity contribution >= 4 is 15.9 Å². The van der Waals surface area contributed by atoms with Crippen LogP contribution in [0.15, 0.2) is 23.1 Å². The maximum atomic E-state index is 12.6. The van der Waals surface area contributed by atoms with Gasteiger partial charge in [0, 0.05) is 26.1 Å². The van der Waals surface area contributed by atoms with Gasteiger partial charge in [-0.1, -0.05) is 25.7 Å². The van der Waals surface area contributed by atoms with Gasteiger partial charge in [-0.2, -0.15) is 0 Å². The number of amides is 1. The summed E-state index contributed by atoms with van der Waals surface area (Å²) in [4.78, 5) is 14.1. The standard InChI is InChI=1S/C19H30N2O4S/c1-15-14-18(25-3)10-11-19(15)26(23,24)20-12-13-21(16(2)22)17-8-6-4-5-7-9-17/h10-11,14,17,20H,4-9,12-13H2,1-3H3. The zero-order valence-corrected chi connectivity index (χ0v) is 16.8. The molecule has 1 aromatic rings. The fourth-order valence-electron chi connectivity index (χ4n) is 3.60. The highest BCUT2D eigenvalue weighted by atomic mass is 32.2. The monoisotopic (exact) mass is 382 g/mol. The number of benzene rings is 1. The molecule has 0 saturated heterocycles. The smallest absolute Gasteiger partial charge is 0.240 e. The molecule has 1 aromatic carbocycles. The number of nitrogens with one attached hydrogen (secondary N) is 1. The van der Waals surface area contributed by atoms with Gasteiger partial charge < -0.3 is 9.64 Å². The van der Waals surface area contributed by atoms with Crippen molar-refractivity contribution in [2.45, 2.75) is 63.3 Å². The van der Waals surface area contributed by atoms with E-state index in [0.717, 1.165) is 25.7 Å². The van der Waals surface area contributed by atoms with Crippen LogP contribution in [0.5, 0.6) is 5.75 Å². The van der Waals surface area contributed by atoms with Crippen molar-refractivity contribution in [2.24, 2.45) is 0 Å². The quantitative estimate of drug-likeness (QED) is 0.736. The van der Waals surface area contributed by atoms with E-state index in [1.165, 1.54) is 12.8 Å². The number of hydrogen-bond acceptors (Lipinski definition) is 4. The molecular formula is C19H30N2O4S. The summed E-state index contributed by atoms with van der Waals surface area (Å²) >= 11 is 0. The van der Waals surface area contributed by atoms with Crippen LogP contribution in [0.2, 0.25) is 0 Å². The molecule has 0 atom stereocenters. The van der Waals surface area contributed by atoms with Crippen molar-refractivity contribution in [3.63, 3.8) is 0 Å². The van der Waals surface area contributed by atoms with Gasteiger partial charge in [-0.25, -0.2) is 13.1 Å². The molecule has 0 radical (unpaired) electrons. The van der Waals surface area contributed by atoms with E-state index in [2.05, 4.69) is 4.72 Å². The predicted molar refractivity (Wildman–Crippen MR) is 102 cm³/mol. The number of nitrogens with zero attached hydrogens (tertiary/aromatic N) is 1. The molecule has 26 heavy (non-hydrogen) atoms. The van der Waals surface area contributed by atoms with Gasteiger partial charge in [0.05, 0.1) is 12.0 Å². The first-order valence-electron chi connectivity index (χ1n) is 9.26. The van der Waals surface area contributed by atoms with Gasteiger partial charge in [0.2, 0.25) is 15.9 Å². The predicted octanol–water partition coefficient (Wildman–Crippen LogP) is 2.85. The highest BCUT2D eigenvalue weighted by Gasteiger charge is 2.23. The molecule has 0 aliphatic heterocycles. The van der Waals surface area contributed by atoms with Crippen LogP contribution in [0.25, 0.3) is 0 Å². The third-order valence-electron chi connectivity index (χ3n) is 4.99. The van der Waals surface area contributed by atoms with E-state index < -0.39 is 10.0 Å². The van der Waals surface area contributed by atoms with Crippen molar-refractivity contribution < 1.29 is 17.9 Å². The number of methoxy groups -OCH3 is 1. The van der Waals surface area contributed by atoms with E-state index in [1.54, 1.807) is 39.2 Å². The van der Waals surface area contributed by atoms with E-state index in [4.69, 9.17) is 4.74 Å². The number of sulfonamides is 1. The summed E-state index contributed by atoms with van der Waals surface area (Å²) in [5, 5.41) is 0. The van der Waals surface area contributed by atoms with Gasteiger partial charge in [-0.15, -0.1) is 0 Å². The lowest BCUT2D eigenvalue weighted by molar-refractivity contribution is -0.131. The Morgan fingerprint density at radius 1 is 1.23 bits per heavy atom. The normalized spacial score (nSPS) is 16.1. The molecule has 0 unspecified atom stereocenters. The highest BCUT2D eigenvalue weighted by molar-refractivity contribution is 7.89. The van der Waals surface area contributed by atoms with Gasteiger partial charge in [0.15, 0.2) is 0 Å². The molecule has 146 valence electrons. The van der Waals surface area contributed by atoms with Gasteiger partial charge in [0.25, 0.3) is 0 Å². The van der Waals surface area contributed by atoms with E-state index in [1.807, 2.05) is 4.90 Å². The topological polar surface area (TPSA) is 75.7 Å². The average molecular weight is 383 g/mol. The summed E-state index contributed by atoms with van der Waals surface area (Å²) < 4.78 is 32.9. The van der Waals surface area contributed by atoms with E-state index in [9.17, 15) is 13.2 Å². The third-order valence-corrected chi connectivity index (χ3v) is 6.61. The third kappa shape index (κ3) is 5.45. The second-order valence-corrected chi connectivity index (χ2v) is 8.62. The molecular weight excluding hydrogens is 352 g/mol. The first kappa shape index (κ1) is 20.7. The lowest BCUT2D eigenvalue weighted by atomic mass is 10.1. The minimum atomic E-state index is -3.62. The molecule has 1 fully saturated rings. The summed E-state index contributed by atoms with van der Waals surface area (Å²) in [5.74, 6) is 0.634. The number of carbonyl (C=O) groups excluding carboxylic acids is 1. The molecule has 1 aliphatic rings. The molecule has 7 heteroatoms. The van der Waals surface area contributed by atoms with Crippen LogP contribution in [-0.2, 0) is 14.8 Å². The summed E-state index contributed by atoms with van der Waals surface area (Å²) in [5.41, 5.74) is 0.629. The number of aryl methyl sites for hydroxylation is 1. The first-order valence-corrected chi connectivity index (χ1v) is 10.7. The Kier molecular flexibility index (Phi) is 7.46. The number of carbonyl (C=O) groups is 1. The lowest BCUT2D eigenvalue weighted by Crippen LogP contribution is -2.43. The van der Waals surface area contributed by atoms with Gasteiger partial charge in [0.1, 0.15) is 5.75 Å². The average Bonchev–Trinajstić information content (AvgIpc) is 2.87. The Morgan fingerprint density at radius 2 is 1.88 bits per heavy atom. The zero-order valence-electron chi connectivity index (χ0n) is 16.0.